The standard InChI is InChI=1S/C30H32N4O2S/c1-31-30(36)27-17-25(20-37-27)23-9-7-21(8-10-23)18-33-29(35)26-13-16-34(19-22-11-14-32-15-12-22)28(26)24-5-3-2-4-6-24/h2-10,13,16-17,20,22,32H,11-12,14-15,18-19H2,1H3,(H,31,36)(H,33,35). The molecule has 190 valence electrons. The van der Waals surface area contributed by atoms with Gasteiger partial charge in [-0.2, -0.15) is 0 Å². The zero-order valence-corrected chi connectivity index (χ0v) is 21.8. The molecule has 1 fully saturated rings. The summed E-state index contributed by atoms with van der Waals surface area (Å²) in [6.45, 7) is 3.48. The van der Waals surface area contributed by atoms with Crippen molar-refractivity contribution in [3.8, 4) is 22.4 Å². The van der Waals surface area contributed by atoms with E-state index in [2.05, 4.69) is 38.8 Å². The molecular formula is C30H32N4O2S. The molecule has 0 spiro atoms. The van der Waals surface area contributed by atoms with E-state index in [0.717, 1.165) is 60.4 Å². The number of carbonyl (C=O) groups is 2. The maximum absolute atomic E-state index is 13.3. The average Bonchev–Trinajstić information content (AvgIpc) is 3.61. The van der Waals surface area contributed by atoms with E-state index < -0.39 is 0 Å². The number of rotatable bonds is 8. The molecule has 2 amide bonds. The van der Waals surface area contributed by atoms with Crippen molar-refractivity contribution in [3.05, 3.63) is 94.3 Å². The Morgan fingerprint density at radius 3 is 2.43 bits per heavy atom. The number of amides is 2. The molecule has 2 aromatic heterocycles. The van der Waals surface area contributed by atoms with Crippen molar-refractivity contribution in [1.82, 2.24) is 20.5 Å². The van der Waals surface area contributed by atoms with Crippen LogP contribution in [0.4, 0.5) is 0 Å². The molecule has 0 radical (unpaired) electrons. The molecule has 0 atom stereocenters. The summed E-state index contributed by atoms with van der Waals surface area (Å²) in [5.74, 6) is 0.469. The predicted molar refractivity (Wildman–Crippen MR) is 150 cm³/mol. The highest BCUT2D eigenvalue weighted by Crippen LogP contribution is 2.28. The zero-order chi connectivity index (χ0) is 25.6. The molecule has 2 aromatic carbocycles. The summed E-state index contributed by atoms with van der Waals surface area (Å²) in [6, 6.07) is 22.1. The van der Waals surface area contributed by atoms with Crippen LogP contribution in [-0.2, 0) is 13.1 Å². The summed E-state index contributed by atoms with van der Waals surface area (Å²) < 4.78 is 2.25. The zero-order valence-electron chi connectivity index (χ0n) is 21.0. The van der Waals surface area contributed by atoms with Gasteiger partial charge in [0.1, 0.15) is 0 Å². The SMILES string of the molecule is CNC(=O)c1cc(-c2ccc(CNC(=O)c3ccn(CC4CCNCC4)c3-c3ccccc3)cc2)cs1. The first-order valence-electron chi connectivity index (χ1n) is 12.8. The third kappa shape index (κ3) is 5.84. The van der Waals surface area contributed by atoms with E-state index in [1.807, 2.05) is 60.0 Å². The largest absolute Gasteiger partial charge is 0.354 e. The highest BCUT2D eigenvalue weighted by Gasteiger charge is 2.21. The molecule has 37 heavy (non-hydrogen) atoms. The van der Waals surface area contributed by atoms with Gasteiger partial charge >= 0.3 is 0 Å². The van der Waals surface area contributed by atoms with Crippen LogP contribution >= 0.6 is 11.3 Å². The van der Waals surface area contributed by atoms with Crippen LogP contribution in [0.25, 0.3) is 22.4 Å². The first kappa shape index (κ1) is 25.0. The normalized spacial score (nSPS) is 13.9. The first-order valence-corrected chi connectivity index (χ1v) is 13.6. The second kappa shape index (κ2) is 11.6. The number of hydrogen-bond donors (Lipinski definition) is 3. The van der Waals surface area contributed by atoms with E-state index in [9.17, 15) is 9.59 Å². The monoisotopic (exact) mass is 512 g/mol. The van der Waals surface area contributed by atoms with Crippen LogP contribution in [0, 0.1) is 5.92 Å². The van der Waals surface area contributed by atoms with Crippen molar-refractivity contribution >= 4 is 23.2 Å². The lowest BCUT2D eigenvalue weighted by molar-refractivity contribution is 0.0948. The molecule has 0 saturated carbocycles. The summed E-state index contributed by atoms with van der Waals surface area (Å²) in [4.78, 5) is 25.9. The smallest absolute Gasteiger partial charge is 0.261 e. The number of piperidine rings is 1. The van der Waals surface area contributed by atoms with E-state index >= 15 is 0 Å². The van der Waals surface area contributed by atoms with Crippen molar-refractivity contribution in [1.29, 1.82) is 0 Å². The average molecular weight is 513 g/mol. The number of hydrogen-bond acceptors (Lipinski definition) is 4. The van der Waals surface area contributed by atoms with E-state index in [1.165, 1.54) is 11.3 Å². The van der Waals surface area contributed by atoms with Gasteiger partial charge in [0.05, 0.1) is 16.1 Å². The summed E-state index contributed by atoms with van der Waals surface area (Å²) in [7, 11) is 1.64. The van der Waals surface area contributed by atoms with Crippen molar-refractivity contribution in [2.24, 2.45) is 5.92 Å². The van der Waals surface area contributed by atoms with Gasteiger partial charge in [0, 0.05) is 26.3 Å². The van der Waals surface area contributed by atoms with Crippen LogP contribution in [0.2, 0.25) is 0 Å². The maximum atomic E-state index is 13.3. The molecular weight excluding hydrogens is 480 g/mol. The minimum atomic E-state index is -0.0740. The Morgan fingerprint density at radius 1 is 0.946 bits per heavy atom. The van der Waals surface area contributed by atoms with Gasteiger partial charge in [-0.25, -0.2) is 0 Å². The second-order valence-corrected chi connectivity index (χ2v) is 10.4. The summed E-state index contributed by atoms with van der Waals surface area (Å²) in [5.41, 5.74) is 5.83. The van der Waals surface area contributed by atoms with Gasteiger partial charge in [0.25, 0.3) is 11.8 Å². The number of aromatic nitrogens is 1. The van der Waals surface area contributed by atoms with E-state index in [1.54, 1.807) is 7.05 Å². The number of nitrogens with one attached hydrogen (secondary N) is 3. The lowest BCUT2D eigenvalue weighted by Crippen LogP contribution is -2.30. The summed E-state index contributed by atoms with van der Waals surface area (Å²) >= 11 is 1.43. The molecule has 7 heteroatoms. The van der Waals surface area contributed by atoms with Crippen LogP contribution < -0.4 is 16.0 Å². The van der Waals surface area contributed by atoms with Crippen molar-refractivity contribution in [2.75, 3.05) is 20.1 Å². The van der Waals surface area contributed by atoms with E-state index in [-0.39, 0.29) is 11.8 Å². The van der Waals surface area contributed by atoms with Gasteiger partial charge in [-0.15, -0.1) is 11.3 Å². The Kier molecular flexibility index (Phi) is 7.82. The number of nitrogens with zero attached hydrogens (tertiary/aromatic N) is 1. The molecule has 6 nitrogen and oxygen atoms in total. The highest BCUT2D eigenvalue weighted by molar-refractivity contribution is 7.12. The Labute approximate surface area is 221 Å². The van der Waals surface area contributed by atoms with Crippen molar-refractivity contribution in [2.45, 2.75) is 25.9 Å². The quantitative estimate of drug-likeness (QED) is 0.305. The van der Waals surface area contributed by atoms with Gasteiger partial charge < -0.3 is 20.5 Å². The minimum Gasteiger partial charge on any atom is -0.354 e. The van der Waals surface area contributed by atoms with Crippen LogP contribution in [0.15, 0.2) is 78.3 Å². The van der Waals surface area contributed by atoms with E-state index in [4.69, 9.17) is 0 Å². The van der Waals surface area contributed by atoms with Crippen LogP contribution in [0.5, 0.6) is 0 Å². The second-order valence-electron chi connectivity index (χ2n) is 9.45. The molecule has 5 rings (SSSR count). The molecule has 0 bridgehead atoms. The number of benzene rings is 2. The van der Waals surface area contributed by atoms with Crippen molar-refractivity contribution < 1.29 is 9.59 Å². The molecule has 1 saturated heterocycles. The van der Waals surface area contributed by atoms with Crippen LogP contribution in [-0.4, -0.2) is 36.5 Å². The topological polar surface area (TPSA) is 75.2 Å². The van der Waals surface area contributed by atoms with Crippen LogP contribution in [0.1, 0.15) is 38.4 Å². The van der Waals surface area contributed by atoms with E-state index in [0.29, 0.717) is 22.9 Å². The Balaban J connectivity index is 1.29. The molecule has 0 aliphatic carbocycles. The Bertz CT molecular complexity index is 1350. The third-order valence-electron chi connectivity index (χ3n) is 6.96. The molecule has 0 unspecified atom stereocenters. The molecule has 4 aromatic rings. The lowest BCUT2D eigenvalue weighted by atomic mass is 9.97. The molecule has 1 aliphatic rings. The number of carbonyl (C=O) groups excluding carboxylic acids is 2. The van der Waals surface area contributed by atoms with Gasteiger partial charge in [-0.1, -0.05) is 54.6 Å². The van der Waals surface area contributed by atoms with Gasteiger partial charge in [0.15, 0.2) is 0 Å². The van der Waals surface area contributed by atoms with Crippen LogP contribution in [0.3, 0.4) is 0 Å². The third-order valence-corrected chi connectivity index (χ3v) is 7.89. The Hall–Kier alpha value is -3.68. The molecule has 3 heterocycles. The summed E-state index contributed by atoms with van der Waals surface area (Å²) in [5, 5.41) is 11.2. The predicted octanol–water partition coefficient (Wildman–Crippen LogP) is 5.17. The highest BCUT2D eigenvalue weighted by atomic mass is 32.1. The summed E-state index contributed by atoms with van der Waals surface area (Å²) in [6.07, 6.45) is 4.37. The van der Waals surface area contributed by atoms with Gasteiger partial charge in [-0.05, 0) is 71.6 Å². The fraction of sp³-hybridized carbons (Fsp3) is 0.267. The van der Waals surface area contributed by atoms with Crippen molar-refractivity contribution in [3.63, 3.8) is 0 Å². The fourth-order valence-corrected chi connectivity index (χ4v) is 5.75. The van der Waals surface area contributed by atoms with Gasteiger partial charge in [-0.3, -0.25) is 9.59 Å². The van der Waals surface area contributed by atoms with Gasteiger partial charge in [0.2, 0.25) is 0 Å². The number of thiophene rings is 1. The minimum absolute atomic E-state index is 0.0694. The Morgan fingerprint density at radius 2 is 1.70 bits per heavy atom. The molecule has 3 N–H and O–H groups in total. The first-order chi connectivity index (χ1) is 18.1. The lowest BCUT2D eigenvalue weighted by Gasteiger charge is -2.24. The fourth-order valence-electron chi connectivity index (χ4n) is 4.89. The molecule has 1 aliphatic heterocycles. The maximum Gasteiger partial charge on any atom is 0.261 e.